The molecule has 0 saturated carbocycles. The lowest BCUT2D eigenvalue weighted by atomic mass is 10.2. The minimum absolute atomic E-state index is 0.250. The molecule has 1 fully saturated rings. The van der Waals surface area contributed by atoms with Crippen LogP contribution in [0.15, 0.2) is 0 Å². The normalized spacial score (nSPS) is 22.0. The first-order valence-electron chi connectivity index (χ1n) is 4.29. The predicted molar refractivity (Wildman–Crippen MR) is 50.1 cm³/mol. The molecule has 0 unspecified atom stereocenters. The summed E-state index contributed by atoms with van der Waals surface area (Å²) in [6.07, 6.45) is 1.78. The lowest BCUT2D eigenvalue weighted by molar-refractivity contribution is -0.818. The number of carboxylic acids is 1. The van der Waals surface area contributed by atoms with Crippen molar-refractivity contribution in [3.63, 3.8) is 0 Å². The van der Waals surface area contributed by atoms with Gasteiger partial charge in [-0.3, -0.25) is 4.79 Å². The smallest absolute Gasteiger partial charge is 0.320 e. The highest BCUT2D eigenvalue weighted by Crippen LogP contribution is 2.03. The van der Waals surface area contributed by atoms with Gasteiger partial charge in [0.2, 0.25) is 0 Å². The van der Waals surface area contributed by atoms with Crippen LogP contribution in [-0.2, 0) is 4.79 Å². The quantitative estimate of drug-likeness (QED) is 0.451. The average Bonchev–Trinajstić information content (AvgIpc) is 2.31. The highest BCUT2D eigenvalue weighted by Gasteiger charge is 2.20. The van der Waals surface area contributed by atoms with Crippen molar-refractivity contribution < 1.29 is 14.5 Å². The molecule has 1 heterocycles. The molecule has 0 aromatic heterocycles. The van der Waals surface area contributed by atoms with Crippen molar-refractivity contribution in [2.45, 2.75) is 18.9 Å². The third-order valence-corrected chi connectivity index (χ3v) is 1.36. The zero-order valence-corrected chi connectivity index (χ0v) is 8.41. The number of hydroxylamine groups is 3. The second-order valence-electron chi connectivity index (χ2n) is 3.88. The molecule has 0 bridgehead atoms. The van der Waals surface area contributed by atoms with E-state index in [1.807, 2.05) is 0 Å². The van der Waals surface area contributed by atoms with Gasteiger partial charge in [-0.1, -0.05) is 0 Å². The van der Waals surface area contributed by atoms with Crippen LogP contribution in [-0.4, -0.2) is 49.5 Å². The van der Waals surface area contributed by atoms with Gasteiger partial charge in [-0.2, -0.15) is 0 Å². The Morgan fingerprint density at radius 3 is 2.15 bits per heavy atom. The van der Waals surface area contributed by atoms with Crippen molar-refractivity contribution in [1.82, 2.24) is 5.32 Å². The largest absolute Gasteiger partial charge is 0.633 e. The van der Waals surface area contributed by atoms with Crippen LogP contribution in [0.25, 0.3) is 0 Å². The maximum absolute atomic E-state index is 10.1. The number of aliphatic carboxylic acids is 1. The van der Waals surface area contributed by atoms with Gasteiger partial charge in [0.1, 0.15) is 6.04 Å². The first-order chi connectivity index (χ1) is 5.80. The Kier molecular flexibility index (Phi) is 4.90. The van der Waals surface area contributed by atoms with E-state index in [1.54, 1.807) is 21.1 Å². The highest BCUT2D eigenvalue weighted by molar-refractivity contribution is 5.73. The molecule has 1 saturated heterocycles. The fourth-order valence-electron chi connectivity index (χ4n) is 0.895. The van der Waals surface area contributed by atoms with Crippen molar-refractivity contribution in [3.05, 3.63) is 5.21 Å². The van der Waals surface area contributed by atoms with Gasteiger partial charge in [0.15, 0.2) is 0 Å². The third-order valence-electron chi connectivity index (χ3n) is 1.36. The number of nitrogens with zero attached hydrogens (tertiary/aromatic N) is 1. The fourth-order valence-corrected chi connectivity index (χ4v) is 0.895. The zero-order valence-electron chi connectivity index (χ0n) is 8.41. The van der Waals surface area contributed by atoms with E-state index in [0.29, 0.717) is 0 Å². The lowest BCUT2D eigenvalue weighted by Gasteiger charge is -2.27. The molecular formula is C8H18N2O3. The first-order valence-corrected chi connectivity index (χ1v) is 4.29. The Morgan fingerprint density at radius 1 is 1.54 bits per heavy atom. The zero-order chi connectivity index (χ0) is 10.5. The summed E-state index contributed by atoms with van der Waals surface area (Å²) in [6.45, 7) is 0.858. The molecule has 2 N–H and O–H groups in total. The van der Waals surface area contributed by atoms with Crippen molar-refractivity contribution in [2.24, 2.45) is 0 Å². The molecule has 0 aromatic rings. The summed E-state index contributed by atoms with van der Waals surface area (Å²) in [4.78, 5) is 10.1. The molecule has 5 heteroatoms. The maximum atomic E-state index is 10.1. The van der Waals surface area contributed by atoms with Gasteiger partial charge in [0.05, 0.1) is 21.1 Å². The fraction of sp³-hybridized carbons (Fsp3) is 0.875. The Labute approximate surface area is 78.5 Å². The van der Waals surface area contributed by atoms with Crippen LogP contribution in [0.2, 0.25) is 0 Å². The van der Waals surface area contributed by atoms with Crippen LogP contribution in [0.5, 0.6) is 0 Å². The Morgan fingerprint density at radius 2 is 2.00 bits per heavy atom. The predicted octanol–water partition coefficient (Wildman–Crippen LogP) is 0.0134. The van der Waals surface area contributed by atoms with Crippen molar-refractivity contribution in [3.8, 4) is 0 Å². The summed E-state index contributed by atoms with van der Waals surface area (Å²) in [6, 6.07) is -0.269. The molecule has 1 atom stereocenters. The number of hydrogen-bond acceptors (Lipinski definition) is 3. The second kappa shape index (κ2) is 5.16. The van der Waals surface area contributed by atoms with Crippen molar-refractivity contribution in [2.75, 3.05) is 27.7 Å². The van der Waals surface area contributed by atoms with Gasteiger partial charge in [-0.05, 0) is 19.4 Å². The van der Waals surface area contributed by atoms with Crippen LogP contribution >= 0.6 is 0 Å². The minimum atomic E-state index is -0.720. The van der Waals surface area contributed by atoms with Crippen LogP contribution < -0.4 is 5.32 Å². The summed E-state index contributed by atoms with van der Waals surface area (Å²) >= 11 is 0. The van der Waals surface area contributed by atoms with E-state index in [0.717, 1.165) is 19.4 Å². The van der Waals surface area contributed by atoms with Crippen LogP contribution in [0, 0.1) is 5.21 Å². The summed E-state index contributed by atoms with van der Waals surface area (Å²) in [7, 11) is 4.71. The standard InChI is InChI=1S/C5H9NO2.C3H9NO/c7-5(8)4-2-1-3-6-4;1-4(2,3)5/h4,6H,1-3H2,(H,7,8);1-3H3/t4-;/m0./s1. The number of nitrogens with one attached hydrogen (secondary N) is 1. The number of carbonyl (C=O) groups is 1. The maximum Gasteiger partial charge on any atom is 0.320 e. The van der Waals surface area contributed by atoms with E-state index in [-0.39, 0.29) is 10.7 Å². The molecule has 1 rings (SSSR count). The molecule has 1 aliphatic rings. The number of quaternary nitrogens is 1. The Hall–Kier alpha value is -0.650. The molecule has 0 amide bonds. The third kappa shape index (κ3) is 9.26. The summed E-state index contributed by atoms with van der Waals surface area (Å²) in [5.74, 6) is -0.720. The lowest BCUT2D eigenvalue weighted by Crippen LogP contribution is -2.29. The van der Waals surface area contributed by atoms with Gasteiger partial charge in [0, 0.05) is 0 Å². The van der Waals surface area contributed by atoms with Gasteiger partial charge in [-0.25, -0.2) is 0 Å². The molecule has 0 spiro atoms. The number of hydrogen-bond donors (Lipinski definition) is 2. The van der Waals surface area contributed by atoms with Gasteiger partial charge in [0.25, 0.3) is 0 Å². The summed E-state index contributed by atoms with van der Waals surface area (Å²) < 4.78 is -0.250. The van der Waals surface area contributed by atoms with E-state index in [9.17, 15) is 10.0 Å². The van der Waals surface area contributed by atoms with Gasteiger partial charge in [-0.15, -0.1) is 0 Å². The van der Waals surface area contributed by atoms with Crippen molar-refractivity contribution in [1.29, 1.82) is 0 Å². The number of rotatable bonds is 1. The Bertz CT molecular complexity index is 153. The highest BCUT2D eigenvalue weighted by atomic mass is 16.5. The second-order valence-corrected chi connectivity index (χ2v) is 3.88. The molecule has 13 heavy (non-hydrogen) atoms. The molecule has 0 aromatic carbocycles. The molecular weight excluding hydrogens is 172 g/mol. The van der Waals surface area contributed by atoms with E-state index >= 15 is 0 Å². The monoisotopic (exact) mass is 190 g/mol. The van der Waals surface area contributed by atoms with Gasteiger partial charge < -0.3 is 20.3 Å². The Balaban J connectivity index is 0.000000252. The van der Waals surface area contributed by atoms with Crippen molar-refractivity contribution >= 4 is 5.97 Å². The van der Waals surface area contributed by atoms with E-state index in [1.165, 1.54) is 0 Å². The van der Waals surface area contributed by atoms with Crippen LogP contribution in [0.3, 0.4) is 0 Å². The number of carboxylic acid groups (broad SMARTS) is 1. The molecule has 0 aliphatic carbocycles. The average molecular weight is 190 g/mol. The van der Waals surface area contributed by atoms with Gasteiger partial charge >= 0.3 is 5.97 Å². The molecule has 1 aliphatic heterocycles. The SMILES string of the molecule is C[N+](C)(C)[O-].O=C(O)[C@@H]1CCCN1. The summed E-state index contributed by atoms with van der Waals surface area (Å²) in [5, 5.41) is 21.2. The van der Waals surface area contributed by atoms with E-state index < -0.39 is 5.97 Å². The van der Waals surface area contributed by atoms with E-state index in [2.05, 4.69) is 5.32 Å². The van der Waals surface area contributed by atoms with E-state index in [4.69, 9.17) is 5.11 Å². The first kappa shape index (κ1) is 12.3. The molecule has 0 radical (unpaired) electrons. The topological polar surface area (TPSA) is 72.4 Å². The summed E-state index contributed by atoms with van der Waals surface area (Å²) in [5.41, 5.74) is 0. The van der Waals surface area contributed by atoms with Crippen LogP contribution in [0.1, 0.15) is 12.8 Å². The van der Waals surface area contributed by atoms with Crippen LogP contribution in [0.4, 0.5) is 0 Å². The molecule has 5 nitrogen and oxygen atoms in total. The molecule has 78 valence electrons. The minimum Gasteiger partial charge on any atom is -0.633 e.